The Morgan fingerprint density at radius 2 is 2.12 bits per heavy atom. The monoisotopic (exact) mass is 354 g/mol. The van der Waals surface area contributed by atoms with Gasteiger partial charge in [-0.15, -0.1) is 5.10 Å². The summed E-state index contributed by atoms with van der Waals surface area (Å²) in [5, 5.41) is 15.3. The molecular formula is C14H22N6O3S. The third-order valence-corrected chi connectivity index (χ3v) is 5.81. The van der Waals surface area contributed by atoms with Crippen LogP contribution in [0.3, 0.4) is 0 Å². The number of sulfone groups is 1. The summed E-state index contributed by atoms with van der Waals surface area (Å²) >= 11 is 0. The number of tetrazole rings is 1. The highest BCUT2D eigenvalue weighted by molar-refractivity contribution is 7.94. The number of hydrogen-bond donors (Lipinski definition) is 1. The highest BCUT2D eigenvalue weighted by Crippen LogP contribution is 2.17. The predicted octanol–water partition coefficient (Wildman–Crippen LogP) is -0.668. The quantitative estimate of drug-likeness (QED) is 0.747. The van der Waals surface area contributed by atoms with E-state index in [4.69, 9.17) is 0 Å². The van der Waals surface area contributed by atoms with Crippen LogP contribution in [0, 0.1) is 5.92 Å². The fraction of sp³-hybridized carbons (Fsp3) is 0.714. The van der Waals surface area contributed by atoms with Crippen molar-refractivity contribution in [2.45, 2.75) is 38.9 Å². The van der Waals surface area contributed by atoms with Gasteiger partial charge in [-0.25, -0.2) is 13.1 Å². The largest absolute Gasteiger partial charge is 0.347 e. The molecule has 0 bridgehead atoms. The SMILES string of the molecule is CC1CCN(Cc2nnnn2CC(=O)NC2C=CS(=O)(=O)C2)CC1. The van der Waals surface area contributed by atoms with E-state index < -0.39 is 15.9 Å². The third-order valence-electron chi connectivity index (χ3n) is 4.42. The Kier molecular flexibility index (Phi) is 4.95. The maximum absolute atomic E-state index is 12.1. The molecule has 1 saturated heterocycles. The summed E-state index contributed by atoms with van der Waals surface area (Å²) < 4.78 is 24.2. The number of nitrogens with one attached hydrogen (secondary N) is 1. The first kappa shape index (κ1) is 17.0. The molecule has 1 fully saturated rings. The van der Waals surface area contributed by atoms with Crippen molar-refractivity contribution in [2.75, 3.05) is 18.8 Å². The van der Waals surface area contributed by atoms with E-state index in [1.54, 1.807) is 0 Å². The van der Waals surface area contributed by atoms with Gasteiger partial charge in [0, 0.05) is 5.41 Å². The molecule has 0 spiro atoms. The Morgan fingerprint density at radius 3 is 2.79 bits per heavy atom. The molecule has 10 heteroatoms. The average molecular weight is 354 g/mol. The van der Waals surface area contributed by atoms with Gasteiger partial charge in [-0.3, -0.25) is 9.69 Å². The van der Waals surface area contributed by atoms with Crippen LogP contribution in [0.15, 0.2) is 11.5 Å². The minimum absolute atomic E-state index is 0.0169. The van der Waals surface area contributed by atoms with Gasteiger partial charge < -0.3 is 5.32 Å². The molecule has 24 heavy (non-hydrogen) atoms. The number of likely N-dealkylation sites (tertiary alicyclic amines) is 1. The van der Waals surface area contributed by atoms with Crippen molar-refractivity contribution in [3.05, 3.63) is 17.3 Å². The molecule has 0 aromatic carbocycles. The number of nitrogens with zero attached hydrogens (tertiary/aromatic N) is 5. The van der Waals surface area contributed by atoms with E-state index in [1.165, 1.54) is 10.8 Å². The highest BCUT2D eigenvalue weighted by atomic mass is 32.2. The fourth-order valence-corrected chi connectivity index (χ4v) is 4.17. The van der Waals surface area contributed by atoms with Crippen LogP contribution in [0.4, 0.5) is 0 Å². The number of aromatic nitrogens is 4. The molecule has 1 aromatic rings. The first-order valence-electron chi connectivity index (χ1n) is 8.09. The standard InChI is InChI=1S/C14H22N6O3S/c1-11-2-5-19(6-3-11)8-13-16-17-18-20(13)9-14(21)15-12-4-7-24(22,23)10-12/h4,7,11-12H,2-3,5-6,8-10H2,1H3,(H,15,21). The maximum Gasteiger partial charge on any atom is 0.242 e. The van der Waals surface area contributed by atoms with Gasteiger partial charge in [0.1, 0.15) is 6.54 Å². The van der Waals surface area contributed by atoms with Crippen LogP contribution in [0.2, 0.25) is 0 Å². The molecule has 9 nitrogen and oxygen atoms in total. The van der Waals surface area contributed by atoms with Crippen LogP contribution in [0.25, 0.3) is 0 Å². The summed E-state index contributed by atoms with van der Waals surface area (Å²) in [4.78, 5) is 14.4. The molecule has 0 radical (unpaired) electrons. The Morgan fingerprint density at radius 1 is 1.38 bits per heavy atom. The summed E-state index contributed by atoms with van der Waals surface area (Å²) in [6, 6.07) is -0.481. The van der Waals surface area contributed by atoms with Crippen molar-refractivity contribution in [2.24, 2.45) is 5.92 Å². The number of amides is 1. The Balaban J connectivity index is 1.53. The number of carbonyl (C=O) groups excluding carboxylic acids is 1. The minimum atomic E-state index is -3.18. The average Bonchev–Trinajstić information content (AvgIpc) is 3.08. The highest BCUT2D eigenvalue weighted by Gasteiger charge is 2.24. The minimum Gasteiger partial charge on any atom is -0.347 e. The van der Waals surface area contributed by atoms with Crippen molar-refractivity contribution >= 4 is 15.7 Å². The van der Waals surface area contributed by atoms with Gasteiger partial charge in [0.05, 0.1) is 18.3 Å². The normalized spacial score (nSPS) is 24.3. The predicted molar refractivity (Wildman–Crippen MR) is 86.3 cm³/mol. The fourth-order valence-electron chi connectivity index (χ4n) is 2.93. The van der Waals surface area contributed by atoms with Gasteiger partial charge in [0.15, 0.2) is 15.7 Å². The van der Waals surface area contributed by atoms with Crippen LogP contribution in [0.5, 0.6) is 0 Å². The van der Waals surface area contributed by atoms with Crippen molar-refractivity contribution in [3.8, 4) is 0 Å². The van der Waals surface area contributed by atoms with E-state index in [1.807, 2.05) is 0 Å². The molecule has 1 unspecified atom stereocenters. The van der Waals surface area contributed by atoms with E-state index in [-0.39, 0.29) is 18.2 Å². The van der Waals surface area contributed by atoms with E-state index >= 15 is 0 Å². The smallest absolute Gasteiger partial charge is 0.242 e. The molecule has 0 saturated carbocycles. The summed E-state index contributed by atoms with van der Waals surface area (Å²) in [7, 11) is -3.18. The lowest BCUT2D eigenvalue weighted by Gasteiger charge is -2.29. The van der Waals surface area contributed by atoms with E-state index in [0.29, 0.717) is 12.4 Å². The number of hydrogen-bond acceptors (Lipinski definition) is 7. The van der Waals surface area contributed by atoms with Gasteiger partial charge in [-0.2, -0.15) is 0 Å². The summed E-state index contributed by atoms with van der Waals surface area (Å²) in [6.45, 7) is 4.86. The summed E-state index contributed by atoms with van der Waals surface area (Å²) in [5.41, 5.74) is 0. The van der Waals surface area contributed by atoms with Crippen molar-refractivity contribution in [1.29, 1.82) is 0 Å². The second-order valence-electron chi connectivity index (χ2n) is 6.54. The van der Waals surface area contributed by atoms with E-state index in [0.717, 1.165) is 37.3 Å². The molecule has 2 aliphatic rings. The first-order chi connectivity index (χ1) is 11.4. The second kappa shape index (κ2) is 6.98. The van der Waals surface area contributed by atoms with Gasteiger partial charge in [0.25, 0.3) is 0 Å². The third kappa shape index (κ3) is 4.38. The number of rotatable bonds is 5. The molecule has 1 N–H and O–H groups in total. The molecule has 1 amide bonds. The lowest BCUT2D eigenvalue weighted by molar-refractivity contribution is -0.122. The van der Waals surface area contributed by atoms with Gasteiger partial charge in [-0.1, -0.05) is 6.92 Å². The molecular weight excluding hydrogens is 332 g/mol. The zero-order valence-corrected chi connectivity index (χ0v) is 14.4. The Hall–Kier alpha value is -1.81. The van der Waals surface area contributed by atoms with Crippen molar-refractivity contribution in [1.82, 2.24) is 30.4 Å². The first-order valence-corrected chi connectivity index (χ1v) is 9.80. The number of carbonyl (C=O) groups is 1. The molecule has 132 valence electrons. The van der Waals surface area contributed by atoms with Crippen LogP contribution < -0.4 is 5.32 Å². The molecule has 2 aliphatic heterocycles. The molecule has 1 atom stereocenters. The molecule has 1 aromatic heterocycles. The summed E-state index contributed by atoms with van der Waals surface area (Å²) in [6.07, 6.45) is 3.80. The van der Waals surface area contributed by atoms with Gasteiger partial charge >= 0.3 is 0 Å². The Bertz CT molecular complexity index is 721. The summed E-state index contributed by atoms with van der Waals surface area (Å²) in [5.74, 6) is 1.00. The number of piperidine rings is 1. The van der Waals surface area contributed by atoms with Crippen LogP contribution in [-0.2, 0) is 27.7 Å². The lowest BCUT2D eigenvalue weighted by atomic mass is 9.99. The van der Waals surface area contributed by atoms with Gasteiger partial charge in [0.2, 0.25) is 5.91 Å². The lowest BCUT2D eigenvalue weighted by Crippen LogP contribution is -2.38. The van der Waals surface area contributed by atoms with E-state index in [2.05, 4.69) is 32.7 Å². The zero-order valence-electron chi connectivity index (χ0n) is 13.6. The van der Waals surface area contributed by atoms with Crippen LogP contribution in [0.1, 0.15) is 25.6 Å². The molecule has 3 rings (SSSR count). The second-order valence-corrected chi connectivity index (χ2v) is 8.47. The maximum atomic E-state index is 12.1. The Labute approximate surface area is 141 Å². The van der Waals surface area contributed by atoms with Gasteiger partial charge in [-0.05, 0) is 48.4 Å². The molecule has 3 heterocycles. The van der Waals surface area contributed by atoms with Crippen molar-refractivity contribution < 1.29 is 13.2 Å². The molecule has 0 aliphatic carbocycles. The van der Waals surface area contributed by atoms with Crippen LogP contribution >= 0.6 is 0 Å². The topological polar surface area (TPSA) is 110 Å². The zero-order chi connectivity index (χ0) is 17.2. The van der Waals surface area contributed by atoms with Crippen LogP contribution in [-0.4, -0.2) is 64.3 Å². The van der Waals surface area contributed by atoms with E-state index in [9.17, 15) is 13.2 Å². The van der Waals surface area contributed by atoms with Crippen molar-refractivity contribution in [3.63, 3.8) is 0 Å².